The van der Waals surface area contributed by atoms with Crippen molar-refractivity contribution in [2.75, 3.05) is 37.3 Å². The number of nitrogens with zero attached hydrogens (tertiary/aromatic N) is 5. The monoisotopic (exact) mass is 422 g/mol. The van der Waals surface area contributed by atoms with Crippen LogP contribution in [0.3, 0.4) is 0 Å². The van der Waals surface area contributed by atoms with Crippen molar-refractivity contribution in [1.29, 1.82) is 0 Å². The van der Waals surface area contributed by atoms with Crippen molar-refractivity contribution >= 4 is 17.5 Å². The van der Waals surface area contributed by atoms with E-state index in [4.69, 9.17) is 10.2 Å². The number of aromatic nitrogens is 4. The Morgan fingerprint density at radius 1 is 1.26 bits per heavy atom. The molecular formula is C21H26N8O2. The second-order valence-corrected chi connectivity index (χ2v) is 7.64. The first-order chi connectivity index (χ1) is 15.0. The minimum Gasteiger partial charge on any atom is -0.414 e. The van der Waals surface area contributed by atoms with Crippen LogP contribution in [0.5, 0.6) is 0 Å². The van der Waals surface area contributed by atoms with Crippen molar-refractivity contribution < 1.29 is 9.21 Å². The SMILES string of the molecule is CNCc1ccc(-c2nnc(-c3nc(N4CC[C@H](CNC(C)=O)C4)cnc3N)o2)cc1. The maximum atomic E-state index is 11.2. The minimum atomic E-state index is -0.0168. The van der Waals surface area contributed by atoms with Gasteiger partial charge in [0.25, 0.3) is 5.89 Å². The first kappa shape index (κ1) is 20.7. The van der Waals surface area contributed by atoms with Gasteiger partial charge in [0.1, 0.15) is 5.82 Å². The molecule has 4 rings (SSSR count). The maximum Gasteiger partial charge on any atom is 0.270 e. The first-order valence-electron chi connectivity index (χ1n) is 10.2. The van der Waals surface area contributed by atoms with Gasteiger partial charge in [-0.3, -0.25) is 4.79 Å². The van der Waals surface area contributed by atoms with Gasteiger partial charge >= 0.3 is 0 Å². The smallest absolute Gasteiger partial charge is 0.270 e. The van der Waals surface area contributed by atoms with Crippen molar-refractivity contribution in [3.05, 3.63) is 36.0 Å². The molecule has 1 aliphatic rings. The lowest BCUT2D eigenvalue weighted by atomic mass is 10.1. The number of nitrogens with one attached hydrogen (secondary N) is 2. The van der Waals surface area contributed by atoms with E-state index in [1.165, 1.54) is 6.92 Å². The summed E-state index contributed by atoms with van der Waals surface area (Å²) in [6, 6.07) is 7.90. The van der Waals surface area contributed by atoms with Crippen LogP contribution in [0, 0.1) is 5.92 Å². The van der Waals surface area contributed by atoms with Crippen LogP contribution in [0.2, 0.25) is 0 Å². The number of nitrogens with two attached hydrogens (primary N) is 1. The predicted molar refractivity (Wildman–Crippen MR) is 117 cm³/mol. The summed E-state index contributed by atoms with van der Waals surface area (Å²) in [4.78, 5) is 22.2. The highest BCUT2D eigenvalue weighted by molar-refractivity contribution is 5.72. The lowest BCUT2D eigenvalue weighted by Gasteiger charge is -2.18. The second kappa shape index (κ2) is 9.09. The molecule has 0 saturated carbocycles. The van der Waals surface area contributed by atoms with Crippen molar-refractivity contribution in [3.8, 4) is 23.0 Å². The van der Waals surface area contributed by atoms with Gasteiger partial charge in [-0.1, -0.05) is 12.1 Å². The molecule has 3 heterocycles. The largest absolute Gasteiger partial charge is 0.414 e. The number of rotatable bonds is 7. The highest BCUT2D eigenvalue weighted by Gasteiger charge is 2.25. The Labute approximate surface area is 180 Å². The summed E-state index contributed by atoms with van der Waals surface area (Å²) in [5.41, 5.74) is 8.41. The molecule has 1 aliphatic heterocycles. The standard InChI is InChI=1S/C21H26N8O2/c1-13(30)24-10-15-7-8-29(12-15)17-11-25-19(22)18(26-17)21-28-27-20(31-21)16-5-3-14(4-6-16)9-23-2/h3-6,11,15,23H,7-10,12H2,1-2H3,(H2,22,25)(H,24,30)/t15-/m1/s1. The zero-order valence-corrected chi connectivity index (χ0v) is 17.6. The van der Waals surface area contributed by atoms with E-state index in [0.717, 1.165) is 37.2 Å². The van der Waals surface area contributed by atoms with Gasteiger partial charge < -0.3 is 25.7 Å². The van der Waals surface area contributed by atoms with E-state index in [9.17, 15) is 4.79 Å². The van der Waals surface area contributed by atoms with Crippen molar-refractivity contribution in [2.24, 2.45) is 5.92 Å². The molecule has 0 radical (unpaired) electrons. The number of benzene rings is 1. The van der Waals surface area contributed by atoms with Gasteiger partial charge in [-0.2, -0.15) is 0 Å². The zero-order valence-electron chi connectivity index (χ0n) is 17.6. The minimum absolute atomic E-state index is 0.0168. The van der Waals surface area contributed by atoms with Gasteiger partial charge in [0, 0.05) is 38.7 Å². The third-order valence-corrected chi connectivity index (χ3v) is 5.25. The molecule has 0 spiro atoms. The number of carbonyl (C=O) groups is 1. The van der Waals surface area contributed by atoms with E-state index in [-0.39, 0.29) is 17.6 Å². The summed E-state index contributed by atoms with van der Waals surface area (Å²) >= 11 is 0. The Kier molecular flexibility index (Phi) is 6.08. The topological polar surface area (TPSA) is 135 Å². The third-order valence-electron chi connectivity index (χ3n) is 5.25. The van der Waals surface area contributed by atoms with Crippen LogP contribution in [0.25, 0.3) is 23.0 Å². The molecular weight excluding hydrogens is 396 g/mol. The fourth-order valence-electron chi connectivity index (χ4n) is 3.60. The Morgan fingerprint density at radius 2 is 2.03 bits per heavy atom. The maximum absolute atomic E-state index is 11.2. The van der Waals surface area contributed by atoms with Gasteiger partial charge in [0.05, 0.1) is 6.20 Å². The van der Waals surface area contributed by atoms with Crippen molar-refractivity contribution in [2.45, 2.75) is 19.9 Å². The highest BCUT2D eigenvalue weighted by atomic mass is 16.4. The molecule has 3 aromatic rings. The summed E-state index contributed by atoms with van der Waals surface area (Å²) in [5, 5.41) is 14.3. The van der Waals surface area contributed by atoms with Crippen LogP contribution in [0.4, 0.5) is 11.6 Å². The quantitative estimate of drug-likeness (QED) is 0.517. The van der Waals surface area contributed by atoms with E-state index in [2.05, 4.69) is 35.7 Å². The highest BCUT2D eigenvalue weighted by Crippen LogP contribution is 2.29. The molecule has 4 N–H and O–H groups in total. The van der Waals surface area contributed by atoms with Crippen LogP contribution < -0.4 is 21.3 Å². The Balaban J connectivity index is 1.51. The molecule has 162 valence electrons. The predicted octanol–water partition coefficient (Wildman–Crippen LogP) is 1.46. The molecule has 1 aromatic carbocycles. The van der Waals surface area contributed by atoms with E-state index in [1.807, 2.05) is 31.3 Å². The summed E-state index contributed by atoms with van der Waals surface area (Å²) in [6.07, 6.45) is 2.62. The van der Waals surface area contributed by atoms with Crippen LogP contribution in [-0.4, -0.2) is 52.8 Å². The molecule has 0 aliphatic carbocycles. The summed E-state index contributed by atoms with van der Waals surface area (Å²) in [7, 11) is 1.91. The van der Waals surface area contributed by atoms with Crippen molar-refractivity contribution in [1.82, 2.24) is 30.8 Å². The number of amides is 1. The Bertz CT molecular complexity index is 1050. The second-order valence-electron chi connectivity index (χ2n) is 7.64. The number of hydrogen-bond donors (Lipinski definition) is 3. The Hall–Kier alpha value is -3.53. The number of hydrogen-bond acceptors (Lipinski definition) is 9. The van der Waals surface area contributed by atoms with E-state index >= 15 is 0 Å². The van der Waals surface area contributed by atoms with E-state index in [0.29, 0.717) is 29.9 Å². The molecule has 10 heteroatoms. The van der Waals surface area contributed by atoms with Crippen LogP contribution in [0.1, 0.15) is 18.9 Å². The lowest BCUT2D eigenvalue weighted by molar-refractivity contribution is -0.119. The molecule has 0 bridgehead atoms. The fourth-order valence-corrected chi connectivity index (χ4v) is 3.60. The van der Waals surface area contributed by atoms with Gasteiger partial charge in [-0.05, 0) is 37.1 Å². The molecule has 1 atom stereocenters. The normalized spacial score (nSPS) is 15.9. The van der Waals surface area contributed by atoms with Crippen molar-refractivity contribution in [3.63, 3.8) is 0 Å². The van der Waals surface area contributed by atoms with Gasteiger partial charge in [-0.25, -0.2) is 9.97 Å². The van der Waals surface area contributed by atoms with Gasteiger partial charge in [-0.15, -0.1) is 10.2 Å². The fraction of sp³-hybridized carbons (Fsp3) is 0.381. The summed E-state index contributed by atoms with van der Waals surface area (Å²) in [6.45, 7) is 4.58. The van der Waals surface area contributed by atoms with Crippen LogP contribution in [-0.2, 0) is 11.3 Å². The molecule has 1 saturated heterocycles. The molecule has 0 unspecified atom stereocenters. The molecule has 31 heavy (non-hydrogen) atoms. The molecule has 1 amide bonds. The average molecular weight is 422 g/mol. The van der Waals surface area contributed by atoms with Crippen LogP contribution >= 0.6 is 0 Å². The van der Waals surface area contributed by atoms with Gasteiger partial charge in [0.2, 0.25) is 11.8 Å². The van der Waals surface area contributed by atoms with Crippen LogP contribution in [0.15, 0.2) is 34.9 Å². The Morgan fingerprint density at radius 3 is 2.77 bits per heavy atom. The van der Waals surface area contributed by atoms with E-state index in [1.54, 1.807) is 6.20 Å². The molecule has 10 nitrogen and oxygen atoms in total. The summed E-state index contributed by atoms with van der Waals surface area (Å²) < 4.78 is 5.85. The third kappa shape index (κ3) is 4.80. The summed E-state index contributed by atoms with van der Waals surface area (Å²) in [5.74, 6) is 1.91. The van der Waals surface area contributed by atoms with Gasteiger partial charge in [0.15, 0.2) is 11.5 Å². The van der Waals surface area contributed by atoms with E-state index < -0.39 is 0 Å². The number of anilines is 2. The number of carbonyl (C=O) groups excluding carboxylic acids is 1. The number of nitrogen functional groups attached to an aromatic ring is 1. The lowest BCUT2D eigenvalue weighted by Crippen LogP contribution is -2.29. The molecule has 2 aromatic heterocycles. The average Bonchev–Trinajstić information content (AvgIpc) is 3.44. The molecule has 1 fully saturated rings. The first-order valence-corrected chi connectivity index (χ1v) is 10.2. The zero-order chi connectivity index (χ0) is 21.8.